The molecule has 0 N–H and O–H groups in total. The lowest BCUT2D eigenvalue weighted by Crippen LogP contribution is -1.87. The highest BCUT2D eigenvalue weighted by Crippen LogP contribution is 1.94. The topological polar surface area (TPSA) is 0 Å². The quantitative estimate of drug-likeness (QED) is 0.427. The third kappa shape index (κ3) is 4.44. The van der Waals surface area contributed by atoms with Gasteiger partial charge in [-0.3, -0.25) is 0 Å². The van der Waals surface area contributed by atoms with Crippen LogP contribution in [0.1, 0.15) is 13.3 Å². The van der Waals surface area contributed by atoms with E-state index in [1.807, 2.05) is 6.92 Å². The second-order valence-electron chi connectivity index (χ2n) is 1.25. The summed E-state index contributed by atoms with van der Waals surface area (Å²) in [4.78, 5) is 0. The van der Waals surface area contributed by atoms with E-state index in [0.717, 1.165) is 6.42 Å². The number of thiocarbonyl (C=S) groups is 1. The Hall–Kier alpha value is 0.440. The highest BCUT2D eigenvalue weighted by Gasteiger charge is 1.84. The molecule has 36 valence electrons. The average molecular weight is 120 g/mol. The van der Waals surface area contributed by atoms with Crippen molar-refractivity contribution < 1.29 is 0 Å². The molecule has 6 heavy (non-hydrogen) atoms. The van der Waals surface area contributed by atoms with Crippen molar-refractivity contribution in [1.29, 1.82) is 0 Å². The Morgan fingerprint density at radius 3 is 2.50 bits per heavy atom. The van der Waals surface area contributed by atoms with Crippen LogP contribution in [-0.2, 0) is 0 Å². The maximum atomic E-state index is 4.55. The van der Waals surface area contributed by atoms with Crippen molar-refractivity contribution in [2.24, 2.45) is 0 Å². The molecule has 0 aliphatic rings. The highest BCUT2D eigenvalue weighted by molar-refractivity contribution is 7.81. The van der Waals surface area contributed by atoms with Gasteiger partial charge in [-0.25, -0.2) is 0 Å². The van der Waals surface area contributed by atoms with Crippen LogP contribution in [0.2, 0.25) is 0 Å². The van der Waals surface area contributed by atoms with Crippen LogP contribution < -0.4 is 0 Å². The van der Waals surface area contributed by atoms with Gasteiger partial charge in [-0.05, 0) is 11.8 Å². The first-order valence-electron chi connectivity index (χ1n) is 1.89. The van der Waals surface area contributed by atoms with Crippen molar-refractivity contribution in [3.63, 3.8) is 0 Å². The van der Waals surface area contributed by atoms with E-state index in [9.17, 15) is 0 Å². The molecule has 0 bridgehead atoms. The predicted molar refractivity (Wildman–Crippen MR) is 36.7 cm³/mol. The van der Waals surface area contributed by atoms with Crippen molar-refractivity contribution in [3.05, 3.63) is 0 Å². The Labute approximate surface area is 49.3 Å². The smallest absolute Gasteiger partial charge is 0.00311 e. The Morgan fingerprint density at radius 2 is 2.50 bits per heavy atom. The summed E-state index contributed by atoms with van der Waals surface area (Å²) in [6.45, 7) is 2.02. The molecule has 2 heteroatoms. The first kappa shape index (κ1) is 6.44. The van der Waals surface area contributed by atoms with Gasteiger partial charge in [0.25, 0.3) is 0 Å². The van der Waals surface area contributed by atoms with Crippen LogP contribution in [-0.4, -0.2) is 10.6 Å². The molecular weight excluding hydrogens is 112 g/mol. The maximum absolute atomic E-state index is 4.55. The lowest BCUT2D eigenvalue weighted by molar-refractivity contribution is 1.05. The Kier molecular flexibility index (Phi) is 3.89. The van der Waals surface area contributed by atoms with Gasteiger partial charge in [-0.2, -0.15) is 12.6 Å². The van der Waals surface area contributed by atoms with Gasteiger partial charge < -0.3 is 0 Å². The molecule has 1 atom stereocenters. The van der Waals surface area contributed by atoms with E-state index >= 15 is 0 Å². The predicted octanol–water partition coefficient (Wildman–Crippen LogP) is 1.69. The van der Waals surface area contributed by atoms with Crippen molar-refractivity contribution in [3.8, 4) is 0 Å². The molecule has 0 saturated heterocycles. The van der Waals surface area contributed by atoms with E-state index in [-0.39, 0.29) is 0 Å². The number of hydrogen-bond donors (Lipinski definition) is 1. The van der Waals surface area contributed by atoms with E-state index in [1.165, 1.54) is 0 Å². The molecule has 0 aliphatic carbocycles. The summed E-state index contributed by atoms with van der Waals surface area (Å²) in [7, 11) is 0. The zero-order chi connectivity index (χ0) is 4.99. The summed E-state index contributed by atoms with van der Waals surface area (Å²) in [5.74, 6) is 0. The number of hydrogen-bond acceptors (Lipinski definition) is 2. The van der Waals surface area contributed by atoms with Crippen molar-refractivity contribution in [2.45, 2.75) is 18.6 Å². The van der Waals surface area contributed by atoms with Gasteiger partial charge in [-0.1, -0.05) is 19.1 Å². The number of thiol groups is 1. The molecule has 0 fully saturated rings. The summed E-state index contributed by atoms with van der Waals surface area (Å²) in [5, 5.41) is 2.14. The zero-order valence-electron chi connectivity index (χ0n) is 3.72. The molecule has 0 aromatic heterocycles. The van der Waals surface area contributed by atoms with Crippen molar-refractivity contribution in [2.75, 3.05) is 0 Å². The molecule has 0 aliphatic heterocycles. The second-order valence-corrected chi connectivity index (χ2v) is 2.47. The van der Waals surface area contributed by atoms with Crippen LogP contribution >= 0.6 is 24.8 Å². The average Bonchev–Trinajstić information content (AvgIpc) is 1.35. The Balaban J connectivity index is 2.81. The van der Waals surface area contributed by atoms with Crippen LogP contribution in [0.5, 0.6) is 0 Å². The summed E-state index contributed by atoms with van der Waals surface area (Å²) in [6, 6.07) is 0. The SMILES string of the molecule is CC(S)CC=S. The Bertz CT molecular complexity index is 40.8. The molecule has 0 rings (SSSR count). The van der Waals surface area contributed by atoms with Gasteiger partial charge in [0.2, 0.25) is 0 Å². The maximum Gasteiger partial charge on any atom is 0.00311 e. The first-order valence-corrected chi connectivity index (χ1v) is 2.88. The molecule has 0 radical (unpaired) electrons. The molecule has 0 aromatic rings. The standard InChI is InChI=1S/C4H8S2/c1-4(6)2-3-5/h3-4,6H,2H2,1H3. The monoisotopic (exact) mass is 120 g/mol. The second kappa shape index (κ2) is 3.62. The minimum absolute atomic E-state index is 0.433. The van der Waals surface area contributed by atoms with E-state index in [1.54, 1.807) is 5.37 Å². The van der Waals surface area contributed by atoms with Crippen LogP contribution in [0.15, 0.2) is 0 Å². The summed E-state index contributed by atoms with van der Waals surface area (Å²) in [5.41, 5.74) is 0. The minimum atomic E-state index is 0.433. The largest absolute Gasteiger partial charge is 0.176 e. The van der Waals surface area contributed by atoms with Crippen LogP contribution in [0.25, 0.3) is 0 Å². The van der Waals surface area contributed by atoms with Gasteiger partial charge in [0, 0.05) is 5.25 Å². The third-order valence-corrected chi connectivity index (χ3v) is 0.841. The molecule has 0 amide bonds. The minimum Gasteiger partial charge on any atom is -0.176 e. The van der Waals surface area contributed by atoms with E-state index < -0.39 is 0 Å². The van der Waals surface area contributed by atoms with Gasteiger partial charge in [-0.15, -0.1) is 0 Å². The van der Waals surface area contributed by atoms with E-state index in [4.69, 9.17) is 0 Å². The van der Waals surface area contributed by atoms with Gasteiger partial charge in [0.1, 0.15) is 0 Å². The molecule has 0 spiro atoms. The van der Waals surface area contributed by atoms with Gasteiger partial charge in [0.15, 0.2) is 0 Å². The molecule has 0 heterocycles. The molecule has 0 saturated carbocycles. The lowest BCUT2D eigenvalue weighted by atomic mass is 10.4. The van der Waals surface area contributed by atoms with E-state index in [0.29, 0.717) is 5.25 Å². The number of rotatable bonds is 2. The summed E-state index contributed by atoms with van der Waals surface area (Å²) < 4.78 is 0. The highest BCUT2D eigenvalue weighted by atomic mass is 32.1. The van der Waals surface area contributed by atoms with Gasteiger partial charge in [0.05, 0.1) is 0 Å². The first-order chi connectivity index (χ1) is 2.77. The van der Waals surface area contributed by atoms with Gasteiger partial charge >= 0.3 is 0 Å². The normalized spacial score (nSPS) is 13.7. The van der Waals surface area contributed by atoms with E-state index in [2.05, 4.69) is 24.8 Å². The van der Waals surface area contributed by atoms with Crippen LogP contribution in [0.4, 0.5) is 0 Å². The zero-order valence-corrected chi connectivity index (χ0v) is 5.43. The fourth-order valence-corrected chi connectivity index (χ4v) is 0.676. The fraction of sp³-hybridized carbons (Fsp3) is 0.750. The third-order valence-electron chi connectivity index (χ3n) is 0.437. The summed E-state index contributed by atoms with van der Waals surface area (Å²) in [6.07, 6.45) is 0.929. The fourth-order valence-electron chi connectivity index (χ4n) is 0.139. The summed E-state index contributed by atoms with van der Waals surface area (Å²) >= 11 is 8.63. The molecule has 0 nitrogen and oxygen atoms in total. The molecule has 1 unspecified atom stereocenters. The van der Waals surface area contributed by atoms with Crippen LogP contribution in [0, 0.1) is 0 Å². The van der Waals surface area contributed by atoms with Crippen LogP contribution in [0.3, 0.4) is 0 Å². The van der Waals surface area contributed by atoms with Crippen molar-refractivity contribution >= 4 is 30.2 Å². The molecule has 0 aromatic carbocycles. The lowest BCUT2D eigenvalue weighted by Gasteiger charge is -1.90. The van der Waals surface area contributed by atoms with Crippen molar-refractivity contribution in [1.82, 2.24) is 0 Å². The molecular formula is C4H8S2. The Morgan fingerprint density at radius 1 is 2.00 bits per heavy atom.